The molecule has 6 heteroatoms. The van der Waals surface area contributed by atoms with Crippen LogP contribution in [-0.4, -0.2) is 41.9 Å². The second-order valence-corrected chi connectivity index (χ2v) is 6.56. The van der Waals surface area contributed by atoms with E-state index in [1.54, 1.807) is 0 Å². The molecule has 5 nitrogen and oxygen atoms in total. The topological polar surface area (TPSA) is 42.3 Å². The SMILES string of the molecule is CN(C)[C@H](CN[C@H]1CCCOc2cc(F)ccc21)c1cnn(C)c1. The Bertz CT molecular complexity index is 685. The fourth-order valence-corrected chi connectivity index (χ4v) is 3.22. The van der Waals surface area contributed by atoms with E-state index in [2.05, 4.69) is 29.4 Å². The van der Waals surface area contributed by atoms with Crippen LogP contribution >= 0.6 is 0 Å². The van der Waals surface area contributed by atoms with Gasteiger partial charge < -0.3 is 15.0 Å². The number of ether oxygens (including phenoxy) is 1. The lowest BCUT2D eigenvalue weighted by Gasteiger charge is -2.27. The second kappa shape index (κ2) is 7.32. The Balaban J connectivity index is 1.75. The molecule has 3 rings (SSSR count). The van der Waals surface area contributed by atoms with Gasteiger partial charge in [0.1, 0.15) is 11.6 Å². The maximum atomic E-state index is 13.5. The maximum Gasteiger partial charge on any atom is 0.126 e. The molecule has 24 heavy (non-hydrogen) atoms. The highest BCUT2D eigenvalue weighted by molar-refractivity contribution is 5.37. The van der Waals surface area contributed by atoms with Crippen LogP contribution in [0.5, 0.6) is 5.75 Å². The van der Waals surface area contributed by atoms with Crippen molar-refractivity contribution in [2.75, 3.05) is 27.2 Å². The van der Waals surface area contributed by atoms with Crippen molar-refractivity contribution in [1.29, 1.82) is 0 Å². The minimum Gasteiger partial charge on any atom is -0.493 e. The van der Waals surface area contributed by atoms with Crippen LogP contribution in [0.1, 0.15) is 36.1 Å². The number of rotatable bonds is 5. The molecule has 0 amide bonds. The van der Waals surface area contributed by atoms with Crippen LogP contribution in [0.2, 0.25) is 0 Å². The van der Waals surface area contributed by atoms with E-state index in [0.717, 1.165) is 24.9 Å². The van der Waals surface area contributed by atoms with E-state index in [4.69, 9.17) is 4.74 Å². The Morgan fingerprint density at radius 2 is 2.29 bits per heavy atom. The van der Waals surface area contributed by atoms with Crippen molar-refractivity contribution in [2.24, 2.45) is 7.05 Å². The molecule has 1 aliphatic rings. The standard InChI is InChI=1S/C18H25FN4O/c1-22(2)17(13-10-21-23(3)12-13)11-20-16-5-4-8-24-18-9-14(19)6-7-15(16)18/h6-7,9-10,12,16-17,20H,4-5,8,11H2,1-3H3/t16-,17+/m0/s1. The molecular weight excluding hydrogens is 307 g/mol. The highest BCUT2D eigenvalue weighted by atomic mass is 19.1. The van der Waals surface area contributed by atoms with E-state index in [1.807, 2.05) is 30.2 Å². The van der Waals surface area contributed by atoms with E-state index >= 15 is 0 Å². The number of aromatic nitrogens is 2. The maximum absolute atomic E-state index is 13.5. The van der Waals surface area contributed by atoms with Gasteiger partial charge in [0, 0.05) is 49.1 Å². The number of hydrogen-bond acceptors (Lipinski definition) is 4. The first-order valence-corrected chi connectivity index (χ1v) is 8.35. The predicted molar refractivity (Wildman–Crippen MR) is 91.5 cm³/mol. The molecule has 1 aromatic heterocycles. The van der Waals surface area contributed by atoms with Gasteiger partial charge in [0.2, 0.25) is 0 Å². The zero-order valence-electron chi connectivity index (χ0n) is 14.5. The first-order valence-electron chi connectivity index (χ1n) is 8.35. The summed E-state index contributed by atoms with van der Waals surface area (Å²) < 4.78 is 21.0. The Kier molecular flexibility index (Phi) is 5.16. The van der Waals surface area contributed by atoms with E-state index in [-0.39, 0.29) is 17.9 Å². The summed E-state index contributed by atoms with van der Waals surface area (Å²) in [6, 6.07) is 5.23. The predicted octanol–water partition coefficient (Wildman–Crippen LogP) is 2.67. The first kappa shape index (κ1) is 16.9. The molecule has 1 N–H and O–H groups in total. The van der Waals surface area contributed by atoms with Gasteiger partial charge in [-0.05, 0) is 33.0 Å². The molecule has 0 bridgehead atoms. The largest absolute Gasteiger partial charge is 0.493 e. The molecule has 2 heterocycles. The summed E-state index contributed by atoms with van der Waals surface area (Å²) in [5.41, 5.74) is 2.22. The number of fused-ring (bicyclic) bond motifs is 1. The van der Waals surface area contributed by atoms with Crippen molar-refractivity contribution in [3.05, 3.63) is 47.5 Å². The van der Waals surface area contributed by atoms with Crippen molar-refractivity contribution in [3.63, 3.8) is 0 Å². The molecule has 0 radical (unpaired) electrons. The van der Waals surface area contributed by atoms with Gasteiger partial charge in [-0.2, -0.15) is 5.10 Å². The molecule has 1 aliphatic heterocycles. The molecule has 0 aliphatic carbocycles. The number of likely N-dealkylation sites (N-methyl/N-ethyl adjacent to an activating group) is 1. The van der Waals surface area contributed by atoms with Crippen molar-refractivity contribution < 1.29 is 9.13 Å². The lowest BCUT2D eigenvalue weighted by atomic mass is 10.0. The van der Waals surface area contributed by atoms with Crippen molar-refractivity contribution in [1.82, 2.24) is 20.0 Å². The summed E-state index contributed by atoms with van der Waals surface area (Å²) in [5, 5.41) is 7.92. The number of nitrogens with one attached hydrogen (secondary N) is 1. The first-order chi connectivity index (χ1) is 11.5. The Morgan fingerprint density at radius 3 is 3.00 bits per heavy atom. The molecule has 130 valence electrons. The average Bonchev–Trinajstić information content (AvgIpc) is 2.85. The van der Waals surface area contributed by atoms with Crippen molar-refractivity contribution >= 4 is 0 Å². The average molecular weight is 332 g/mol. The summed E-state index contributed by atoms with van der Waals surface area (Å²) in [6.45, 7) is 1.43. The van der Waals surface area contributed by atoms with Crippen molar-refractivity contribution in [2.45, 2.75) is 24.9 Å². The van der Waals surface area contributed by atoms with Gasteiger partial charge in [0.25, 0.3) is 0 Å². The Hall–Kier alpha value is -1.92. The molecule has 1 aromatic carbocycles. The molecule has 0 saturated heterocycles. The van der Waals surface area contributed by atoms with Crippen LogP contribution in [0.3, 0.4) is 0 Å². The Morgan fingerprint density at radius 1 is 1.46 bits per heavy atom. The molecule has 0 unspecified atom stereocenters. The van der Waals surface area contributed by atoms with Gasteiger partial charge in [0.05, 0.1) is 12.8 Å². The van der Waals surface area contributed by atoms with Crippen LogP contribution < -0.4 is 10.1 Å². The Labute approximate surface area is 142 Å². The van der Waals surface area contributed by atoms with Crippen molar-refractivity contribution in [3.8, 4) is 5.75 Å². The zero-order chi connectivity index (χ0) is 17.1. The summed E-state index contributed by atoms with van der Waals surface area (Å²) in [6.07, 6.45) is 5.89. The number of hydrogen-bond donors (Lipinski definition) is 1. The number of nitrogens with zero attached hydrogens (tertiary/aromatic N) is 3. The highest BCUT2D eigenvalue weighted by Gasteiger charge is 2.23. The van der Waals surface area contributed by atoms with E-state index in [0.29, 0.717) is 12.4 Å². The minimum absolute atomic E-state index is 0.169. The molecule has 2 atom stereocenters. The quantitative estimate of drug-likeness (QED) is 0.914. The summed E-state index contributed by atoms with van der Waals surface area (Å²) >= 11 is 0. The third-order valence-corrected chi connectivity index (χ3v) is 4.54. The summed E-state index contributed by atoms with van der Waals surface area (Å²) in [5.74, 6) is 0.406. The fourth-order valence-electron chi connectivity index (χ4n) is 3.22. The zero-order valence-corrected chi connectivity index (χ0v) is 14.5. The van der Waals surface area contributed by atoms with Crippen LogP contribution in [0.4, 0.5) is 4.39 Å². The third-order valence-electron chi connectivity index (χ3n) is 4.54. The lowest BCUT2D eigenvalue weighted by Crippen LogP contribution is -2.33. The number of benzene rings is 1. The van der Waals surface area contributed by atoms with Crippen LogP contribution in [0, 0.1) is 5.82 Å². The van der Waals surface area contributed by atoms with Gasteiger partial charge in [-0.15, -0.1) is 0 Å². The molecule has 2 aromatic rings. The van der Waals surface area contributed by atoms with Crippen LogP contribution in [-0.2, 0) is 7.05 Å². The highest BCUT2D eigenvalue weighted by Crippen LogP contribution is 2.32. The molecular formula is C18H25FN4O. The van der Waals surface area contributed by atoms with Gasteiger partial charge in [-0.25, -0.2) is 4.39 Å². The smallest absolute Gasteiger partial charge is 0.126 e. The van der Waals surface area contributed by atoms with Gasteiger partial charge >= 0.3 is 0 Å². The molecule has 0 spiro atoms. The summed E-state index contributed by atoms with van der Waals surface area (Å²) in [4.78, 5) is 2.18. The second-order valence-electron chi connectivity index (χ2n) is 6.56. The normalized spacial score (nSPS) is 18.8. The third kappa shape index (κ3) is 3.76. The lowest BCUT2D eigenvalue weighted by molar-refractivity contribution is 0.276. The van der Waals surface area contributed by atoms with E-state index < -0.39 is 0 Å². The molecule has 0 saturated carbocycles. The van der Waals surface area contributed by atoms with Gasteiger partial charge in [0.15, 0.2) is 0 Å². The van der Waals surface area contributed by atoms with Gasteiger partial charge in [-0.3, -0.25) is 4.68 Å². The van der Waals surface area contributed by atoms with Gasteiger partial charge in [-0.1, -0.05) is 6.07 Å². The number of halogens is 1. The number of aryl methyl sites for hydroxylation is 1. The monoisotopic (exact) mass is 332 g/mol. The summed E-state index contributed by atoms with van der Waals surface area (Å²) in [7, 11) is 6.06. The van der Waals surface area contributed by atoms with Crippen LogP contribution in [0.25, 0.3) is 0 Å². The van der Waals surface area contributed by atoms with Crippen LogP contribution in [0.15, 0.2) is 30.6 Å². The fraction of sp³-hybridized carbons (Fsp3) is 0.500. The molecule has 0 fully saturated rings. The van der Waals surface area contributed by atoms with E-state index in [1.165, 1.54) is 17.7 Å². The van der Waals surface area contributed by atoms with E-state index in [9.17, 15) is 4.39 Å². The minimum atomic E-state index is -0.254.